The molecule has 1 aliphatic rings. The number of benzene rings is 3. The minimum atomic E-state index is -1.97. The van der Waals surface area contributed by atoms with Crippen molar-refractivity contribution in [2.45, 2.75) is 96.9 Å². The van der Waals surface area contributed by atoms with Crippen LogP contribution in [0.3, 0.4) is 0 Å². The molecule has 276 valence electrons. The lowest BCUT2D eigenvalue weighted by molar-refractivity contribution is -0.144. The van der Waals surface area contributed by atoms with Crippen molar-refractivity contribution < 1.29 is 33.2 Å². The van der Waals surface area contributed by atoms with Gasteiger partial charge >= 0.3 is 6.03 Å². The standard InChI is InChI=1S/C40H47ClN4O7/c1-3-5-6-7-8-9-10-11-12-18-25-51-33-24-23-29(41)26-31(33)42-37(47)35(36(46)34-30-21-16-17-22-32(30)52-43-34)45-38(48)39(50-4-2)44(40(45)49)27-28-19-14-13-15-20-28/h13-17,19-24,26,35,39H,3-12,18,25,27H2,1-2H3,(H,42,47). The van der Waals surface area contributed by atoms with Crippen molar-refractivity contribution in [3.63, 3.8) is 0 Å². The second-order valence-electron chi connectivity index (χ2n) is 12.9. The highest BCUT2D eigenvalue weighted by Crippen LogP contribution is 2.31. The van der Waals surface area contributed by atoms with Crippen molar-refractivity contribution >= 4 is 51.9 Å². The predicted octanol–water partition coefficient (Wildman–Crippen LogP) is 8.80. The number of hydrogen-bond acceptors (Lipinski definition) is 8. The Balaban J connectivity index is 1.36. The summed E-state index contributed by atoms with van der Waals surface area (Å²) in [5.74, 6) is -2.38. The number of nitrogens with zero attached hydrogens (tertiary/aromatic N) is 3. The van der Waals surface area contributed by atoms with Gasteiger partial charge in [-0.05, 0) is 49.2 Å². The largest absolute Gasteiger partial charge is 0.491 e. The van der Waals surface area contributed by atoms with E-state index in [2.05, 4.69) is 17.4 Å². The SMILES string of the molecule is CCCCCCCCCCCCOc1ccc(Cl)cc1NC(=O)C(C(=O)c1noc2ccccc12)N1C(=O)C(OCC)N(Cc2ccccc2)C1=O. The first-order valence-electron chi connectivity index (χ1n) is 18.2. The Kier molecular flexibility index (Phi) is 14.2. The molecule has 0 spiro atoms. The fourth-order valence-electron chi connectivity index (χ4n) is 6.32. The maximum Gasteiger partial charge on any atom is 0.330 e. The quantitative estimate of drug-likeness (QED) is 0.0390. The first-order chi connectivity index (χ1) is 25.3. The Morgan fingerprint density at radius 1 is 0.885 bits per heavy atom. The van der Waals surface area contributed by atoms with Gasteiger partial charge in [-0.15, -0.1) is 0 Å². The van der Waals surface area contributed by atoms with Crippen LogP contribution in [0.15, 0.2) is 77.3 Å². The monoisotopic (exact) mass is 730 g/mol. The van der Waals surface area contributed by atoms with Crippen molar-refractivity contribution in [1.82, 2.24) is 15.0 Å². The molecule has 0 aliphatic carbocycles. The van der Waals surface area contributed by atoms with Crippen LogP contribution >= 0.6 is 11.6 Å². The van der Waals surface area contributed by atoms with Gasteiger partial charge in [-0.2, -0.15) is 0 Å². The number of carbonyl (C=O) groups excluding carboxylic acids is 4. The molecule has 2 atom stereocenters. The summed E-state index contributed by atoms with van der Waals surface area (Å²) in [7, 11) is 0. The number of ether oxygens (including phenoxy) is 2. The van der Waals surface area contributed by atoms with E-state index in [1.807, 2.05) is 18.2 Å². The van der Waals surface area contributed by atoms with Gasteiger partial charge in [-0.25, -0.2) is 9.69 Å². The minimum absolute atomic E-state index is 0.00718. The molecule has 3 aromatic carbocycles. The molecule has 52 heavy (non-hydrogen) atoms. The lowest BCUT2D eigenvalue weighted by atomic mass is 10.0. The number of halogens is 1. The fraction of sp³-hybridized carbons (Fsp3) is 0.425. The first-order valence-corrected chi connectivity index (χ1v) is 18.6. The molecule has 12 heteroatoms. The highest BCUT2D eigenvalue weighted by Gasteiger charge is 2.53. The van der Waals surface area contributed by atoms with Gasteiger partial charge in [0.1, 0.15) is 5.75 Å². The Labute approximate surface area is 309 Å². The second kappa shape index (κ2) is 19.2. The van der Waals surface area contributed by atoms with E-state index in [-0.39, 0.29) is 24.5 Å². The summed E-state index contributed by atoms with van der Waals surface area (Å²) in [4.78, 5) is 58.7. The zero-order valence-electron chi connectivity index (χ0n) is 29.9. The van der Waals surface area contributed by atoms with Crippen LogP contribution in [0.25, 0.3) is 11.0 Å². The Morgan fingerprint density at radius 2 is 1.56 bits per heavy atom. The van der Waals surface area contributed by atoms with Crippen LogP contribution in [0.5, 0.6) is 5.75 Å². The number of rotatable bonds is 21. The van der Waals surface area contributed by atoms with Crippen molar-refractivity contribution in [2.75, 3.05) is 18.5 Å². The summed E-state index contributed by atoms with van der Waals surface area (Å²) >= 11 is 6.35. The van der Waals surface area contributed by atoms with Gasteiger partial charge in [0, 0.05) is 11.6 Å². The van der Waals surface area contributed by atoms with E-state index in [9.17, 15) is 19.2 Å². The Hall–Kier alpha value is -4.74. The lowest BCUT2D eigenvalue weighted by Gasteiger charge is -2.24. The lowest BCUT2D eigenvalue weighted by Crippen LogP contribution is -2.52. The number of nitrogens with one attached hydrogen (secondary N) is 1. The van der Waals surface area contributed by atoms with Crippen LogP contribution in [0, 0.1) is 0 Å². The van der Waals surface area contributed by atoms with Gasteiger partial charge in [-0.3, -0.25) is 19.3 Å². The number of amides is 4. The molecule has 0 bridgehead atoms. The first kappa shape index (κ1) is 38.5. The molecular formula is C40H47ClN4O7. The fourth-order valence-corrected chi connectivity index (χ4v) is 6.49. The zero-order valence-corrected chi connectivity index (χ0v) is 30.6. The molecule has 0 saturated carbocycles. The summed E-state index contributed by atoms with van der Waals surface area (Å²) in [6, 6.07) is 17.6. The van der Waals surface area contributed by atoms with E-state index < -0.39 is 35.9 Å². The summed E-state index contributed by atoms with van der Waals surface area (Å²) in [5, 5.41) is 7.32. The van der Waals surface area contributed by atoms with Gasteiger partial charge < -0.3 is 19.3 Å². The van der Waals surface area contributed by atoms with Crippen molar-refractivity contribution in [3.8, 4) is 5.75 Å². The van der Waals surface area contributed by atoms with Gasteiger partial charge in [0.05, 0.1) is 24.2 Å². The van der Waals surface area contributed by atoms with Crippen molar-refractivity contribution in [3.05, 3.63) is 89.1 Å². The van der Waals surface area contributed by atoms with E-state index in [1.54, 1.807) is 55.5 Å². The van der Waals surface area contributed by atoms with Gasteiger partial charge in [0.15, 0.2) is 17.3 Å². The van der Waals surface area contributed by atoms with Gasteiger partial charge in [0.25, 0.3) is 11.8 Å². The average Bonchev–Trinajstić information content (AvgIpc) is 3.67. The molecule has 2 heterocycles. The molecule has 1 aliphatic heterocycles. The topological polar surface area (TPSA) is 131 Å². The second-order valence-corrected chi connectivity index (χ2v) is 13.3. The summed E-state index contributed by atoms with van der Waals surface area (Å²) < 4.78 is 17.2. The number of imide groups is 1. The van der Waals surface area contributed by atoms with Crippen molar-refractivity contribution in [2.24, 2.45) is 0 Å². The number of anilines is 1. The third-order valence-electron chi connectivity index (χ3n) is 9.02. The number of aromatic nitrogens is 1. The predicted molar refractivity (Wildman–Crippen MR) is 199 cm³/mol. The van der Waals surface area contributed by atoms with Crippen molar-refractivity contribution in [1.29, 1.82) is 0 Å². The van der Waals surface area contributed by atoms with Crippen LogP contribution in [-0.2, 0) is 20.9 Å². The van der Waals surface area contributed by atoms with E-state index in [1.165, 1.54) is 55.9 Å². The third kappa shape index (κ3) is 9.57. The molecule has 1 N–H and O–H groups in total. The van der Waals surface area contributed by atoms with Crippen LogP contribution in [0.4, 0.5) is 10.5 Å². The van der Waals surface area contributed by atoms with Crippen LogP contribution in [-0.4, -0.2) is 64.1 Å². The molecule has 1 fully saturated rings. The number of unbranched alkanes of at least 4 members (excludes halogenated alkanes) is 9. The smallest absolute Gasteiger partial charge is 0.330 e. The van der Waals surface area contributed by atoms with E-state index in [0.29, 0.717) is 33.2 Å². The summed E-state index contributed by atoms with van der Waals surface area (Å²) in [5.41, 5.74) is 1.02. The average molecular weight is 731 g/mol. The molecule has 1 aromatic heterocycles. The van der Waals surface area contributed by atoms with Gasteiger partial charge in [0.2, 0.25) is 12.0 Å². The van der Waals surface area contributed by atoms with E-state index in [4.69, 9.17) is 25.6 Å². The minimum Gasteiger partial charge on any atom is -0.491 e. The van der Waals surface area contributed by atoms with Crippen LogP contribution in [0.2, 0.25) is 5.02 Å². The maximum absolute atomic E-state index is 14.3. The molecule has 5 rings (SSSR count). The van der Waals surface area contributed by atoms with Crippen LogP contribution in [0.1, 0.15) is 94.1 Å². The molecule has 11 nitrogen and oxygen atoms in total. The molecule has 2 unspecified atom stereocenters. The molecule has 4 amide bonds. The Bertz CT molecular complexity index is 1810. The number of fused-ring (bicyclic) bond motifs is 1. The molecular weight excluding hydrogens is 684 g/mol. The Morgan fingerprint density at radius 3 is 2.27 bits per heavy atom. The van der Waals surface area contributed by atoms with E-state index in [0.717, 1.165) is 24.8 Å². The summed E-state index contributed by atoms with van der Waals surface area (Å²) in [6.07, 6.45) is 10.4. The summed E-state index contributed by atoms with van der Waals surface area (Å²) in [6.45, 7) is 4.42. The number of ketones is 1. The number of hydrogen-bond donors (Lipinski definition) is 1. The number of carbonyl (C=O) groups is 4. The van der Waals surface area contributed by atoms with Crippen LogP contribution < -0.4 is 10.1 Å². The highest BCUT2D eigenvalue weighted by atomic mass is 35.5. The highest BCUT2D eigenvalue weighted by molar-refractivity contribution is 6.31. The third-order valence-corrected chi connectivity index (χ3v) is 9.26. The maximum atomic E-state index is 14.3. The van der Waals surface area contributed by atoms with E-state index >= 15 is 0 Å². The normalized spacial score (nSPS) is 15.0. The zero-order chi connectivity index (χ0) is 36.9. The molecule has 1 saturated heterocycles. The molecule has 4 aromatic rings. The molecule has 0 radical (unpaired) electrons. The number of para-hydroxylation sites is 1. The number of urea groups is 1. The number of Topliss-reactive ketones (excluding diaryl/α,β-unsaturated/α-hetero) is 1. The van der Waals surface area contributed by atoms with Gasteiger partial charge in [-0.1, -0.05) is 124 Å².